The lowest BCUT2D eigenvalue weighted by atomic mass is 9.97. The molecule has 0 spiro atoms. The van der Waals surface area contributed by atoms with Crippen LogP contribution in [0.1, 0.15) is 71.9 Å². The van der Waals surface area contributed by atoms with E-state index in [1.807, 2.05) is 15.9 Å². The summed E-state index contributed by atoms with van der Waals surface area (Å²) >= 11 is 1.38. The zero-order valence-electron chi connectivity index (χ0n) is 20.1. The molecule has 36 heavy (non-hydrogen) atoms. The number of thiazole rings is 1. The number of hydrogen-bond acceptors (Lipinski definition) is 5. The van der Waals surface area contributed by atoms with Crippen molar-refractivity contribution in [2.75, 3.05) is 36.4 Å². The first kappa shape index (κ1) is 26.2. The summed E-state index contributed by atoms with van der Waals surface area (Å²) in [4.78, 5) is 33.7. The molecule has 1 N–H and O–H groups in total. The van der Waals surface area contributed by atoms with Crippen LogP contribution in [0.4, 0.5) is 24.5 Å². The highest BCUT2D eigenvalue weighted by molar-refractivity contribution is 7.10. The third-order valence-electron chi connectivity index (χ3n) is 6.77. The van der Waals surface area contributed by atoms with Gasteiger partial charge in [-0.15, -0.1) is 17.9 Å². The van der Waals surface area contributed by atoms with Gasteiger partial charge in [-0.2, -0.15) is 13.2 Å². The quantitative estimate of drug-likeness (QED) is 0.339. The molecule has 2 aliphatic rings. The third kappa shape index (κ3) is 6.27. The number of nitrogens with one attached hydrogen (secondary N) is 1. The number of nitrogens with zero attached hydrogens (tertiary/aromatic N) is 3. The summed E-state index contributed by atoms with van der Waals surface area (Å²) in [5.41, 5.74) is 0.136. The van der Waals surface area contributed by atoms with Crippen molar-refractivity contribution in [1.29, 1.82) is 0 Å². The fourth-order valence-corrected chi connectivity index (χ4v) is 5.71. The molecule has 1 aromatic heterocycles. The lowest BCUT2D eigenvalue weighted by Crippen LogP contribution is -2.37. The fourth-order valence-electron chi connectivity index (χ4n) is 4.74. The molecule has 0 atom stereocenters. The first-order valence-corrected chi connectivity index (χ1v) is 13.3. The van der Waals surface area contributed by atoms with Crippen molar-refractivity contribution in [2.45, 2.75) is 57.0 Å². The Balaban J connectivity index is 1.41. The van der Waals surface area contributed by atoms with Crippen LogP contribution < -0.4 is 10.2 Å². The molecule has 194 valence electrons. The maximum atomic E-state index is 13.3. The molecule has 1 aromatic carbocycles. The summed E-state index contributed by atoms with van der Waals surface area (Å²) in [6.45, 7) is 6.47. The minimum atomic E-state index is -4.50. The van der Waals surface area contributed by atoms with Crippen LogP contribution in [0, 0.1) is 0 Å². The molecule has 0 aliphatic carbocycles. The second-order valence-electron chi connectivity index (χ2n) is 9.28. The van der Waals surface area contributed by atoms with Crippen LogP contribution in [-0.4, -0.2) is 47.9 Å². The lowest BCUT2D eigenvalue weighted by Gasteiger charge is -2.31. The van der Waals surface area contributed by atoms with Gasteiger partial charge in [-0.3, -0.25) is 9.59 Å². The van der Waals surface area contributed by atoms with E-state index in [2.05, 4.69) is 16.9 Å². The fraction of sp³-hybridized carbons (Fsp3) is 0.500. The predicted octanol–water partition coefficient (Wildman–Crippen LogP) is 6.08. The Morgan fingerprint density at radius 3 is 2.56 bits per heavy atom. The number of unbranched alkanes of at least 4 members (excludes halogenated alkanes) is 1. The number of benzene rings is 1. The van der Waals surface area contributed by atoms with Crippen molar-refractivity contribution in [3.63, 3.8) is 0 Å². The second kappa shape index (κ2) is 11.5. The second-order valence-corrected chi connectivity index (χ2v) is 10.2. The normalized spacial score (nSPS) is 16.9. The van der Waals surface area contributed by atoms with Gasteiger partial charge in [0.1, 0.15) is 5.69 Å². The summed E-state index contributed by atoms with van der Waals surface area (Å²) in [7, 11) is 0. The van der Waals surface area contributed by atoms with Gasteiger partial charge in [0, 0.05) is 43.9 Å². The Labute approximate surface area is 213 Å². The van der Waals surface area contributed by atoms with Crippen LogP contribution in [0.5, 0.6) is 0 Å². The first-order chi connectivity index (χ1) is 17.3. The molecule has 3 heterocycles. The van der Waals surface area contributed by atoms with Crippen LogP contribution in [-0.2, 0) is 11.0 Å². The molecule has 2 aliphatic heterocycles. The molecule has 0 radical (unpaired) electrons. The molecule has 0 unspecified atom stereocenters. The summed E-state index contributed by atoms with van der Waals surface area (Å²) in [6, 6.07) is 3.49. The molecule has 2 fully saturated rings. The van der Waals surface area contributed by atoms with E-state index in [4.69, 9.17) is 0 Å². The maximum absolute atomic E-state index is 13.3. The number of alkyl halides is 3. The molecule has 2 aromatic rings. The minimum absolute atomic E-state index is 0.148. The number of carbonyl (C=O) groups excluding carboxylic acids is 2. The smallest absolute Gasteiger partial charge is 0.370 e. The molecule has 2 saturated heterocycles. The average molecular weight is 521 g/mol. The van der Waals surface area contributed by atoms with Crippen molar-refractivity contribution in [3.05, 3.63) is 52.5 Å². The highest BCUT2D eigenvalue weighted by Gasteiger charge is 2.32. The van der Waals surface area contributed by atoms with Gasteiger partial charge in [0.25, 0.3) is 5.91 Å². The molecular weight excluding hydrogens is 489 g/mol. The summed E-state index contributed by atoms with van der Waals surface area (Å²) < 4.78 is 40.0. The van der Waals surface area contributed by atoms with E-state index in [9.17, 15) is 22.8 Å². The SMILES string of the molecule is C=CCCCC(=O)N1CCC(c2nc(C(=O)Nc3cc(C(F)(F)F)ccc3N3CCCC3)cs2)CC1. The standard InChI is InChI=1S/C26H31F3N4O2S/c1-2-3-4-7-23(34)33-14-10-18(11-15-33)25-31-21(17-36-25)24(35)30-20-16-19(26(27,28)29)8-9-22(20)32-12-5-6-13-32/h2,8-9,16-18H,1,3-7,10-15H2,(H,30,35). The molecule has 10 heteroatoms. The van der Waals surface area contributed by atoms with Crippen molar-refractivity contribution in [3.8, 4) is 0 Å². The predicted molar refractivity (Wildman–Crippen MR) is 136 cm³/mol. The Morgan fingerprint density at radius 2 is 1.89 bits per heavy atom. The zero-order valence-corrected chi connectivity index (χ0v) is 21.0. The van der Waals surface area contributed by atoms with Crippen molar-refractivity contribution >= 4 is 34.5 Å². The largest absolute Gasteiger partial charge is 0.416 e. The van der Waals surface area contributed by atoms with Crippen LogP contribution >= 0.6 is 11.3 Å². The highest BCUT2D eigenvalue weighted by atomic mass is 32.1. The van der Waals surface area contributed by atoms with Gasteiger partial charge in [-0.05, 0) is 56.7 Å². The van der Waals surface area contributed by atoms with Gasteiger partial charge in [0.05, 0.1) is 21.9 Å². The number of likely N-dealkylation sites (tertiary alicyclic amines) is 1. The number of rotatable bonds is 8. The van der Waals surface area contributed by atoms with Gasteiger partial charge in [0.2, 0.25) is 5.91 Å². The van der Waals surface area contributed by atoms with Crippen molar-refractivity contribution in [1.82, 2.24) is 9.88 Å². The van der Waals surface area contributed by atoms with Crippen molar-refractivity contribution < 1.29 is 22.8 Å². The van der Waals surface area contributed by atoms with E-state index in [1.165, 1.54) is 17.4 Å². The summed E-state index contributed by atoms with van der Waals surface area (Å²) in [6.07, 6.45) is 2.93. The zero-order chi connectivity index (χ0) is 25.7. The maximum Gasteiger partial charge on any atom is 0.416 e. The number of allylic oxidation sites excluding steroid dienone is 1. The lowest BCUT2D eigenvalue weighted by molar-refractivity contribution is -0.137. The van der Waals surface area contributed by atoms with Crippen molar-refractivity contribution in [2.24, 2.45) is 0 Å². The number of anilines is 2. The number of halogens is 3. The van der Waals surface area contributed by atoms with Crippen LogP contribution in [0.15, 0.2) is 36.2 Å². The van der Waals surface area contributed by atoms with E-state index in [0.717, 1.165) is 68.8 Å². The number of hydrogen-bond donors (Lipinski definition) is 1. The Hall–Kier alpha value is -2.88. The van der Waals surface area contributed by atoms with Gasteiger partial charge in [-0.1, -0.05) is 6.08 Å². The number of piperidine rings is 1. The summed E-state index contributed by atoms with van der Waals surface area (Å²) in [5, 5.41) is 5.16. The third-order valence-corrected chi connectivity index (χ3v) is 7.78. The first-order valence-electron chi connectivity index (χ1n) is 12.4. The Kier molecular flexibility index (Phi) is 8.33. The van der Waals surface area contributed by atoms with Crippen LogP contribution in [0.25, 0.3) is 0 Å². The molecule has 2 amide bonds. The van der Waals surface area contributed by atoms with E-state index < -0.39 is 17.6 Å². The van der Waals surface area contributed by atoms with Crippen LogP contribution in [0.3, 0.4) is 0 Å². The molecule has 0 bridgehead atoms. The van der Waals surface area contributed by atoms with E-state index in [0.29, 0.717) is 25.2 Å². The molecule has 4 rings (SSSR count). The van der Waals surface area contributed by atoms with Gasteiger partial charge >= 0.3 is 6.18 Å². The van der Waals surface area contributed by atoms with Gasteiger partial charge in [0.15, 0.2) is 0 Å². The number of aromatic nitrogens is 1. The number of amides is 2. The molecule has 6 nitrogen and oxygen atoms in total. The highest BCUT2D eigenvalue weighted by Crippen LogP contribution is 2.37. The topological polar surface area (TPSA) is 65.5 Å². The Morgan fingerprint density at radius 1 is 1.17 bits per heavy atom. The van der Waals surface area contributed by atoms with Crippen LogP contribution in [0.2, 0.25) is 0 Å². The molecule has 0 saturated carbocycles. The van der Waals surface area contributed by atoms with E-state index in [1.54, 1.807) is 5.38 Å². The monoisotopic (exact) mass is 520 g/mol. The summed E-state index contributed by atoms with van der Waals surface area (Å²) in [5.74, 6) is -0.209. The number of carbonyl (C=O) groups is 2. The average Bonchev–Trinajstić information content (AvgIpc) is 3.56. The molecular formula is C26H31F3N4O2S. The van der Waals surface area contributed by atoms with Gasteiger partial charge < -0.3 is 15.1 Å². The Bertz CT molecular complexity index is 1090. The van der Waals surface area contributed by atoms with E-state index in [-0.39, 0.29) is 23.2 Å². The van der Waals surface area contributed by atoms with Gasteiger partial charge in [-0.25, -0.2) is 4.98 Å². The minimum Gasteiger partial charge on any atom is -0.370 e. The van der Waals surface area contributed by atoms with E-state index >= 15 is 0 Å².